The molecule has 112 valence electrons. The molecule has 0 aromatic carbocycles. The minimum Gasteiger partial charge on any atom is -0.465 e. The van der Waals surface area contributed by atoms with Crippen LogP contribution in [-0.4, -0.2) is 63.9 Å². The summed E-state index contributed by atoms with van der Waals surface area (Å²) in [6.45, 7) is 5.71. The van der Waals surface area contributed by atoms with Gasteiger partial charge < -0.3 is 19.7 Å². The van der Waals surface area contributed by atoms with Crippen molar-refractivity contribution in [3.63, 3.8) is 0 Å². The van der Waals surface area contributed by atoms with Crippen molar-refractivity contribution in [1.82, 2.24) is 10.2 Å². The Morgan fingerprint density at radius 2 is 2.16 bits per heavy atom. The van der Waals surface area contributed by atoms with Crippen LogP contribution < -0.4 is 5.32 Å². The van der Waals surface area contributed by atoms with Gasteiger partial charge in [-0.05, 0) is 52.7 Å². The molecule has 0 saturated heterocycles. The minimum absolute atomic E-state index is 0.164. The van der Waals surface area contributed by atoms with Crippen LogP contribution >= 0.6 is 0 Å². The van der Waals surface area contributed by atoms with Gasteiger partial charge in [-0.25, -0.2) is 0 Å². The van der Waals surface area contributed by atoms with Gasteiger partial charge in [0.1, 0.15) is 6.04 Å². The number of carbonyl (C=O) groups is 1. The maximum atomic E-state index is 11.6. The van der Waals surface area contributed by atoms with Crippen LogP contribution in [0.2, 0.25) is 0 Å². The summed E-state index contributed by atoms with van der Waals surface area (Å²) in [7, 11) is 3.85. The molecule has 1 fully saturated rings. The molecule has 0 bridgehead atoms. The fourth-order valence-electron chi connectivity index (χ4n) is 1.84. The molecule has 0 radical (unpaired) electrons. The standard InChI is InChI=1S/C14H28N2O3/c1-4-19-14(17)13(15-2)7-8-16(3)9-10-18-11-12-5-6-12/h12-13,15H,4-11H2,1-3H3. The molecule has 1 aliphatic carbocycles. The summed E-state index contributed by atoms with van der Waals surface area (Å²) in [5, 5.41) is 3.00. The topological polar surface area (TPSA) is 50.8 Å². The van der Waals surface area contributed by atoms with Crippen molar-refractivity contribution in [2.75, 3.05) is 47.0 Å². The lowest BCUT2D eigenvalue weighted by Gasteiger charge is -2.20. The third-order valence-electron chi connectivity index (χ3n) is 3.39. The maximum Gasteiger partial charge on any atom is 0.323 e. The Morgan fingerprint density at radius 3 is 2.74 bits per heavy atom. The summed E-state index contributed by atoms with van der Waals surface area (Å²) < 4.78 is 10.6. The lowest BCUT2D eigenvalue weighted by Crippen LogP contribution is -2.39. The van der Waals surface area contributed by atoms with Gasteiger partial charge in [0.2, 0.25) is 0 Å². The molecule has 1 N–H and O–H groups in total. The Hall–Kier alpha value is -0.650. The summed E-state index contributed by atoms with van der Waals surface area (Å²) in [6.07, 6.45) is 3.42. The van der Waals surface area contributed by atoms with Crippen LogP contribution in [-0.2, 0) is 14.3 Å². The zero-order valence-corrected chi connectivity index (χ0v) is 12.5. The van der Waals surface area contributed by atoms with Crippen LogP contribution in [0.5, 0.6) is 0 Å². The first-order valence-corrected chi connectivity index (χ1v) is 7.27. The number of nitrogens with zero attached hydrogens (tertiary/aromatic N) is 1. The number of rotatable bonds is 11. The van der Waals surface area contributed by atoms with Crippen molar-refractivity contribution in [2.24, 2.45) is 5.92 Å². The van der Waals surface area contributed by atoms with Gasteiger partial charge in [0.15, 0.2) is 0 Å². The number of ether oxygens (including phenoxy) is 2. The Bertz CT molecular complexity index is 257. The average molecular weight is 272 g/mol. The third-order valence-corrected chi connectivity index (χ3v) is 3.39. The van der Waals surface area contributed by atoms with Crippen molar-refractivity contribution in [2.45, 2.75) is 32.2 Å². The highest BCUT2D eigenvalue weighted by molar-refractivity contribution is 5.75. The zero-order chi connectivity index (χ0) is 14.1. The SMILES string of the molecule is CCOC(=O)C(CCN(C)CCOCC1CC1)NC. The van der Waals surface area contributed by atoms with Gasteiger partial charge in [0, 0.05) is 13.2 Å². The van der Waals surface area contributed by atoms with Gasteiger partial charge in [-0.1, -0.05) is 0 Å². The summed E-state index contributed by atoms with van der Waals surface area (Å²) in [5.74, 6) is 0.658. The predicted molar refractivity (Wildman–Crippen MR) is 75.1 cm³/mol. The first kappa shape index (κ1) is 16.4. The van der Waals surface area contributed by atoms with Gasteiger partial charge >= 0.3 is 5.97 Å². The number of nitrogens with one attached hydrogen (secondary N) is 1. The van der Waals surface area contributed by atoms with E-state index in [1.165, 1.54) is 12.8 Å². The van der Waals surface area contributed by atoms with Gasteiger partial charge in [0.25, 0.3) is 0 Å². The van der Waals surface area contributed by atoms with Crippen LogP contribution in [0.25, 0.3) is 0 Å². The molecule has 0 aromatic rings. The monoisotopic (exact) mass is 272 g/mol. The van der Waals surface area contributed by atoms with Crippen LogP contribution in [0, 0.1) is 5.92 Å². The molecule has 1 aliphatic rings. The zero-order valence-electron chi connectivity index (χ0n) is 12.5. The van der Waals surface area contributed by atoms with E-state index < -0.39 is 0 Å². The first-order chi connectivity index (χ1) is 9.17. The van der Waals surface area contributed by atoms with Gasteiger partial charge in [-0.3, -0.25) is 4.79 Å². The van der Waals surface area contributed by atoms with Crippen molar-refractivity contribution < 1.29 is 14.3 Å². The molecule has 1 saturated carbocycles. The highest BCUT2D eigenvalue weighted by Crippen LogP contribution is 2.28. The van der Waals surface area contributed by atoms with Crippen LogP contribution in [0.1, 0.15) is 26.2 Å². The summed E-state index contributed by atoms with van der Waals surface area (Å²) >= 11 is 0. The number of carbonyl (C=O) groups excluding carboxylic acids is 1. The second-order valence-electron chi connectivity index (χ2n) is 5.20. The third kappa shape index (κ3) is 7.50. The van der Waals surface area contributed by atoms with E-state index in [2.05, 4.69) is 17.3 Å². The maximum absolute atomic E-state index is 11.6. The Kier molecular flexibility index (Phi) is 8.02. The molecule has 0 heterocycles. The first-order valence-electron chi connectivity index (χ1n) is 7.27. The molecule has 1 atom stereocenters. The Morgan fingerprint density at radius 1 is 1.42 bits per heavy atom. The molecule has 5 nitrogen and oxygen atoms in total. The average Bonchev–Trinajstić information content (AvgIpc) is 3.20. The Balaban J connectivity index is 2.05. The second kappa shape index (κ2) is 9.28. The number of esters is 1. The van der Waals surface area contributed by atoms with Crippen LogP contribution in [0.15, 0.2) is 0 Å². The van der Waals surface area contributed by atoms with E-state index in [1.807, 2.05) is 6.92 Å². The van der Waals surface area contributed by atoms with Crippen molar-refractivity contribution in [3.8, 4) is 0 Å². The fourth-order valence-corrected chi connectivity index (χ4v) is 1.84. The molecular formula is C14H28N2O3. The molecule has 0 amide bonds. The quantitative estimate of drug-likeness (QED) is 0.447. The number of likely N-dealkylation sites (N-methyl/N-ethyl adjacent to an activating group) is 2. The predicted octanol–water partition coefficient (Wildman–Crippen LogP) is 0.886. The molecule has 0 spiro atoms. The molecule has 19 heavy (non-hydrogen) atoms. The lowest BCUT2D eigenvalue weighted by molar-refractivity contribution is -0.145. The smallest absolute Gasteiger partial charge is 0.323 e. The van der Waals surface area contributed by atoms with Crippen LogP contribution in [0.3, 0.4) is 0 Å². The lowest BCUT2D eigenvalue weighted by atomic mass is 10.2. The fraction of sp³-hybridized carbons (Fsp3) is 0.929. The van der Waals surface area contributed by atoms with Crippen molar-refractivity contribution >= 4 is 5.97 Å². The van der Waals surface area contributed by atoms with Gasteiger partial charge in [-0.15, -0.1) is 0 Å². The highest BCUT2D eigenvalue weighted by atomic mass is 16.5. The normalized spacial score (nSPS) is 16.6. The van der Waals surface area contributed by atoms with E-state index in [4.69, 9.17) is 9.47 Å². The van der Waals surface area contributed by atoms with Crippen LogP contribution in [0.4, 0.5) is 0 Å². The van der Waals surface area contributed by atoms with E-state index >= 15 is 0 Å². The van der Waals surface area contributed by atoms with E-state index in [1.54, 1.807) is 7.05 Å². The molecule has 1 rings (SSSR count). The second-order valence-corrected chi connectivity index (χ2v) is 5.20. The largest absolute Gasteiger partial charge is 0.465 e. The molecule has 0 aromatic heterocycles. The van der Waals surface area contributed by atoms with Gasteiger partial charge in [-0.2, -0.15) is 0 Å². The Labute approximate surface area is 116 Å². The van der Waals surface area contributed by atoms with E-state index in [0.717, 1.165) is 38.6 Å². The highest BCUT2D eigenvalue weighted by Gasteiger charge is 2.21. The van der Waals surface area contributed by atoms with E-state index in [9.17, 15) is 4.79 Å². The van der Waals surface area contributed by atoms with E-state index in [-0.39, 0.29) is 12.0 Å². The van der Waals surface area contributed by atoms with Gasteiger partial charge in [0.05, 0.1) is 13.2 Å². The number of hydrogen-bond acceptors (Lipinski definition) is 5. The summed E-state index contributed by atoms with van der Waals surface area (Å²) in [4.78, 5) is 13.8. The number of hydrogen-bond donors (Lipinski definition) is 1. The molecular weight excluding hydrogens is 244 g/mol. The van der Waals surface area contributed by atoms with Crippen molar-refractivity contribution in [3.05, 3.63) is 0 Å². The molecule has 5 heteroatoms. The molecule has 0 aliphatic heterocycles. The summed E-state index contributed by atoms with van der Waals surface area (Å²) in [5.41, 5.74) is 0. The minimum atomic E-state index is -0.213. The molecule has 1 unspecified atom stereocenters. The van der Waals surface area contributed by atoms with Crippen molar-refractivity contribution in [1.29, 1.82) is 0 Å². The summed E-state index contributed by atoms with van der Waals surface area (Å²) in [6, 6.07) is -0.213. The van der Waals surface area contributed by atoms with E-state index in [0.29, 0.717) is 6.61 Å².